The maximum absolute atomic E-state index is 6.36. The number of hydrogen-bond donors (Lipinski definition) is 0. The van der Waals surface area contributed by atoms with Crippen LogP contribution in [0.5, 0.6) is 0 Å². The molecule has 2 aromatic heterocycles. The molecule has 2 heteroatoms. The molecule has 2 nitrogen and oxygen atoms in total. The van der Waals surface area contributed by atoms with Gasteiger partial charge in [0.25, 0.3) is 0 Å². The van der Waals surface area contributed by atoms with Gasteiger partial charge in [-0.05, 0) is 29.0 Å². The minimum absolute atomic E-state index is 0.435. The van der Waals surface area contributed by atoms with E-state index in [-0.39, 0.29) is 0 Å². The number of benzene rings is 2. The van der Waals surface area contributed by atoms with Crippen molar-refractivity contribution in [2.45, 2.75) is 39.5 Å². The Morgan fingerprint density at radius 3 is 2.07 bits per heavy atom. The quantitative estimate of drug-likeness (QED) is 0.381. The highest BCUT2D eigenvalue weighted by Crippen LogP contribution is 2.39. The van der Waals surface area contributed by atoms with Crippen LogP contribution >= 0.6 is 0 Å². The van der Waals surface area contributed by atoms with Crippen molar-refractivity contribution in [1.82, 2.24) is 4.98 Å². The standard InChI is InChI=1S/C25H25NO/c1-16(2)20-11-8-12-21(17(3)4)25(20)24-13-19-15-26-22(14-23(19)27-24)18-9-6-5-7-10-18/h5-17H,1-4H3. The van der Waals surface area contributed by atoms with Crippen molar-refractivity contribution >= 4 is 11.0 Å². The van der Waals surface area contributed by atoms with Crippen LogP contribution in [0.15, 0.2) is 71.3 Å². The SMILES string of the molecule is CC(C)c1cccc(C(C)C)c1-c1cc2cnc(-c3ccccc3)cc2o1. The Labute approximate surface area is 160 Å². The van der Waals surface area contributed by atoms with Gasteiger partial charge in [0.1, 0.15) is 11.3 Å². The molecule has 0 N–H and O–H groups in total. The topological polar surface area (TPSA) is 26.0 Å². The Morgan fingerprint density at radius 1 is 0.778 bits per heavy atom. The first kappa shape index (κ1) is 17.5. The number of furan rings is 1. The summed E-state index contributed by atoms with van der Waals surface area (Å²) in [6.45, 7) is 8.95. The first-order valence-corrected chi connectivity index (χ1v) is 9.62. The Hall–Kier alpha value is -2.87. The van der Waals surface area contributed by atoms with E-state index in [0.717, 1.165) is 28.0 Å². The Kier molecular flexibility index (Phi) is 4.57. The number of aromatic nitrogens is 1. The van der Waals surface area contributed by atoms with E-state index in [4.69, 9.17) is 4.42 Å². The third-order valence-electron chi connectivity index (χ3n) is 5.09. The lowest BCUT2D eigenvalue weighted by atomic mass is 9.87. The van der Waals surface area contributed by atoms with E-state index in [0.29, 0.717) is 11.8 Å². The minimum atomic E-state index is 0.435. The fraction of sp³-hybridized carbons (Fsp3) is 0.240. The number of pyridine rings is 1. The summed E-state index contributed by atoms with van der Waals surface area (Å²) < 4.78 is 6.36. The molecule has 0 saturated heterocycles. The van der Waals surface area contributed by atoms with Crippen LogP contribution in [-0.4, -0.2) is 4.98 Å². The zero-order chi connectivity index (χ0) is 19.0. The van der Waals surface area contributed by atoms with Crippen molar-refractivity contribution in [2.24, 2.45) is 0 Å². The molecule has 0 aliphatic heterocycles. The molecule has 0 fully saturated rings. The van der Waals surface area contributed by atoms with Crippen LogP contribution in [0.25, 0.3) is 33.6 Å². The van der Waals surface area contributed by atoms with Gasteiger partial charge in [-0.1, -0.05) is 76.2 Å². The molecule has 0 atom stereocenters. The van der Waals surface area contributed by atoms with E-state index in [1.165, 1.54) is 16.7 Å². The maximum atomic E-state index is 6.36. The van der Waals surface area contributed by atoms with Gasteiger partial charge in [0.15, 0.2) is 0 Å². The summed E-state index contributed by atoms with van der Waals surface area (Å²) in [4.78, 5) is 4.64. The predicted molar refractivity (Wildman–Crippen MR) is 113 cm³/mol. The summed E-state index contributed by atoms with van der Waals surface area (Å²) in [6.07, 6.45) is 1.91. The lowest BCUT2D eigenvalue weighted by Gasteiger charge is -2.17. The van der Waals surface area contributed by atoms with Crippen LogP contribution in [-0.2, 0) is 0 Å². The van der Waals surface area contributed by atoms with Gasteiger partial charge in [-0.2, -0.15) is 0 Å². The van der Waals surface area contributed by atoms with Gasteiger partial charge in [-0.15, -0.1) is 0 Å². The maximum Gasteiger partial charge on any atom is 0.138 e. The molecule has 0 aliphatic rings. The van der Waals surface area contributed by atoms with Gasteiger partial charge in [0.2, 0.25) is 0 Å². The molecular weight excluding hydrogens is 330 g/mol. The summed E-state index contributed by atoms with van der Waals surface area (Å²) in [5.41, 5.74) is 6.81. The molecule has 0 saturated carbocycles. The van der Waals surface area contributed by atoms with Gasteiger partial charge in [0, 0.05) is 28.8 Å². The molecular formula is C25H25NO. The predicted octanol–water partition coefficient (Wildman–Crippen LogP) is 7.41. The fourth-order valence-corrected chi connectivity index (χ4v) is 3.66. The third-order valence-corrected chi connectivity index (χ3v) is 5.09. The zero-order valence-electron chi connectivity index (χ0n) is 16.4. The van der Waals surface area contributed by atoms with Crippen LogP contribution in [0, 0.1) is 0 Å². The molecule has 0 amide bonds. The second-order valence-corrected chi connectivity index (χ2v) is 7.70. The van der Waals surface area contributed by atoms with Crippen molar-refractivity contribution in [3.63, 3.8) is 0 Å². The van der Waals surface area contributed by atoms with Crippen molar-refractivity contribution in [2.75, 3.05) is 0 Å². The number of nitrogens with zero attached hydrogens (tertiary/aromatic N) is 1. The van der Waals surface area contributed by atoms with E-state index in [2.05, 4.69) is 69.1 Å². The first-order chi connectivity index (χ1) is 13.0. The molecule has 0 spiro atoms. The number of hydrogen-bond acceptors (Lipinski definition) is 2. The summed E-state index contributed by atoms with van der Waals surface area (Å²) >= 11 is 0. The Bertz CT molecular complexity index is 1050. The van der Waals surface area contributed by atoms with Crippen LogP contribution < -0.4 is 0 Å². The van der Waals surface area contributed by atoms with E-state index in [1.807, 2.05) is 30.5 Å². The van der Waals surface area contributed by atoms with Crippen LogP contribution in [0.4, 0.5) is 0 Å². The van der Waals surface area contributed by atoms with Crippen LogP contribution in [0.2, 0.25) is 0 Å². The highest BCUT2D eigenvalue weighted by molar-refractivity contribution is 5.86. The third kappa shape index (κ3) is 3.28. The fourth-order valence-electron chi connectivity index (χ4n) is 3.66. The Balaban J connectivity index is 1.88. The molecule has 0 unspecified atom stereocenters. The lowest BCUT2D eigenvalue weighted by Crippen LogP contribution is -1.98. The van der Waals surface area contributed by atoms with Crippen molar-refractivity contribution in [1.29, 1.82) is 0 Å². The normalized spacial score (nSPS) is 11.6. The zero-order valence-corrected chi connectivity index (χ0v) is 16.4. The van der Waals surface area contributed by atoms with Crippen molar-refractivity contribution < 1.29 is 4.42 Å². The molecule has 136 valence electrons. The number of fused-ring (bicyclic) bond motifs is 1. The molecule has 27 heavy (non-hydrogen) atoms. The molecule has 0 aliphatic carbocycles. The van der Waals surface area contributed by atoms with Gasteiger partial charge in [-0.3, -0.25) is 4.98 Å². The second kappa shape index (κ2) is 7.03. The van der Waals surface area contributed by atoms with E-state index < -0.39 is 0 Å². The first-order valence-electron chi connectivity index (χ1n) is 9.62. The monoisotopic (exact) mass is 355 g/mol. The van der Waals surface area contributed by atoms with E-state index in [9.17, 15) is 0 Å². The molecule has 4 aromatic rings. The smallest absolute Gasteiger partial charge is 0.138 e. The molecule has 2 heterocycles. The van der Waals surface area contributed by atoms with Crippen LogP contribution in [0.1, 0.15) is 50.7 Å². The molecule has 2 aromatic carbocycles. The lowest BCUT2D eigenvalue weighted by molar-refractivity contribution is 0.627. The molecule has 0 bridgehead atoms. The second-order valence-electron chi connectivity index (χ2n) is 7.70. The van der Waals surface area contributed by atoms with Gasteiger partial charge >= 0.3 is 0 Å². The van der Waals surface area contributed by atoms with Crippen molar-refractivity contribution in [3.8, 4) is 22.6 Å². The highest BCUT2D eigenvalue weighted by Gasteiger charge is 2.19. The Morgan fingerprint density at radius 2 is 1.44 bits per heavy atom. The number of rotatable bonds is 4. The van der Waals surface area contributed by atoms with Crippen LogP contribution in [0.3, 0.4) is 0 Å². The average molecular weight is 355 g/mol. The molecule has 0 radical (unpaired) electrons. The minimum Gasteiger partial charge on any atom is -0.456 e. The van der Waals surface area contributed by atoms with E-state index in [1.54, 1.807) is 0 Å². The summed E-state index contributed by atoms with van der Waals surface area (Å²) in [5, 5.41) is 1.04. The van der Waals surface area contributed by atoms with E-state index >= 15 is 0 Å². The van der Waals surface area contributed by atoms with Gasteiger partial charge in [0.05, 0.1) is 5.69 Å². The summed E-state index contributed by atoms with van der Waals surface area (Å²) in [5.74, 6) is 1.81. The summed E-state index contributed by atoms with van der Waals surface area (Å²) in [6, 6.07) is 21.0. The largest absolute Gasteiger partial charge is 0.456 e. The van der Waals surface area contributed by atoms with Crippen molar-refractivity contribution in [3.05, 3.63) is 78.0 Å². The average Bonchev–Trinajstić information content (AvgIpc) is 3.11. The van der Waals surface area contributed by atoms with Gasteiger partial charge < -0.3 is 4.42 Å². The van der Waals surface area contributed by atoms with Gasteiger partial charge in [-0.25, -0.2) is 0 Å². The summed E-state index contributed by atoms with van der Waals surface area (Å²) in [7, 11) is 0. The molecule has 4 rings (SSSR count). The highest BCUT2D eigenvalue weighted by atomic mass is 16.3.